The summed E-state index contributed by atoms with van der Waals surface area (Å²) in [5.74, 6) is -0.832. The van der Waals surface area contributed by atoms with Crippen LogP contribution >= 0.6 is 11.3 Å². The van der Waals surface area contributed by atoms with E-state index < -0.39 is 0 Å². The van der Waals surface area contributed by atoms with Crippen molar-refractivity contribution in [2.24, 2.45) is 0 Å². The lowest BCUT2D eigenvalue weighted by atomic mass is 10.1. The summed E-state index contributed by atoms with van der Waals surface area (Å²) in [5.41, 5.74) is 0.515. The molecule has 1 aromatic carbocycles. The van der Waals surface area contributed by atoms with Crippen LogP contribution in [0.3, 0.4) is 0 Å². The number of nitrogens with one attached hydrogen (secondary N) is 2. The molecule has 6 heteroatoms. The summed E-state index contributed by atoms with van der Waals surface area (Å²) < 4.78 is 12.9. The van der Waals surface area contributed by atoms with Crippen LogP contribution in [0.25, 0.3) is 10.4 Å². The second-order valence-corrected chi connectivity index (χ2v) is 7.24. The van der Waals surface area contributed by atoms with Gasteiger partial charge in [0, 0.05) is 10.4 Å². The first kappa shape index (κ1) is 17.1. The molecule has 1 aromatic heterocycles. The molecule has 2 N–H and O–H groups in total. The lowest BCUT2D eigenvalue weighted by Crippen LogP contribution is -2.45. The molecule has 0 radical (unpaired) electrons. The summed E-state index contributed by atoms with van der Waals surface area (Å²) in [6.45, 7) is 5.56. The molecule has 0 aliphatic carbocycles. The SMILES string of the molecule is CC(C)(C)NC(=O)CNC(=O)c1ccc(-c2ccc(F)cc2)s1. The van der Waals surface area contributed by atoms with Gasteiger partial charge in [0.1, 0.15) is 5.82 Å². The van der Waals surface area contributed by atoms with Crippen molar-refractivity contribution < 1.29 is 14.0 Å². The summed E-state index contributed by atoms with van der Waals surface area (Å²) in [5, 5.41) is 5.37. The van der Waals surface area contributed by atoms with Gasteiger partial charge in [-0.1, -0.05) is 12.1 Å². The smallest absolute Gasteiger partial charge is 0.261 e. The minimum absolute atomic E-state index is 0.0696. The van der Waals surface area contributed by atoms with Gasteiger partial charge in [-0.15, -0.1) is 11.3 Å². The Morgan fingerprint density at radius 1 is 1.09 bits per heavy atom. The van der Waals surface area contributed by atoms with Crippen molar-refractivity contribution in [3.8, 4) is 10.4 Å². The maximum absolute atomic E-state index is 12.9. The predicted octanol–water partition coefficient (Wildman–Crippen LogP) is 3.20. The van der Waals surface area contributed by atoms with Gasteiger partial charge in [0.2, 0.25) is 5.91 Å². The summed E-state index contributed by atoms with van der Waals surface area (Å²) in [6, 6.07) is 9.60. The number of amides is 2. The minimum Gasteiger partial charge on any atom is -0.350 e. The Labute approximate surface area is 138 Å². The number of hydrogen-bond acceptors (Lipinski definition) is 3. The van der Waals surface area contributed by atoms with Crippen molar-refractivity contribution >= 4 is 23.2 Å². The Kier molecular flexibility index (Phi) is 5.15. The third kappa shape index (κ3) is 5.17. The first-order chi connectivity index (χ1) is 10.7. The molecule has 122 valence electrons. The summed E-state index contributed by atoms with van der Waals surface area (Å²) >= 11 is 1.30. The Bertz CT molecular complexity index is 702. The van der Waals surface area contributed by atoms with Crippen LogP contribution in [0.1, 0.15) is 30.4 Å². The van der Waals surface area contributed by atoms with Gasteiger partial charge in [0.15, 0.2) is 0 Å². The molecular formula is C17H19FN2O2S. The molecule has 2 amide bonds. The van der Waals surface area contributed by atoms with Gasteiger partial charge >= 0.3 is 0 Å². The van der Waals surface area contributed by atoms with Crippen LogP contribution in [-0.4, -0.2) is 23.9 Å². The van der Waals surface area contributed by atoms with Crippen LogP contribution in [0.4, 0.5) is 4.39 Å². The second kappa shape index (κ2) is 6.91. The number of rotatable bonds is 4. The number of carbonyl (C=O) groups excluding carboxylic acids is 2. The van der Waals surface area contributed by atoms with Crippen molar-refractivity contribution in [2.45, 2.75) is 26.3 Å². The van der Waals surface area contributed by atoms with Gasteiger partial charge in [-0.25, -0.2) is 4.39 Å². The maximum atomic E-state index is 12.9. The van der Waals surface area contributed by atoms with Gasteiger partial charge in [-0.3, -0.25) is 9.59 Å². The highest BCUT2D eigenvalue weighted by Crippen LogP contribution is 2.28. The molecule has 2 rings (SSSR count). The standard InChI is InChI=1S/C17H19FN2O2S/c1-17(2,3)20-15(21)10-19-16(22)14-9-8-13(23-14)11-4-6-12(18)7-5-11/h4-9H,10H2,1-3H3,(H,19,22)(H,20,21). The first-order valence-corrected chi connectivity index (χ1v) is 8.01. The van der Waals surface area contributed by atoms with E-state index in [4.69, 9.17) is 0 Å². The van der Waals surface area contributed by atoms with E-state index >= 15 is 0 Å². The Balaban J connectivity index is 1.96. The van der Waals surface area contributed by atoms with Crippen molar-refractivity contribution in [1.29, 1.82) is 0 Å². The fraction of sp³-hybridized carbons (Fsp3) is 0.294. The van der Waals surface area contributed by atoms with Crippen LogP contribution in [0.15, 0.2) is 36.4 Å². The molecule has 0 fully saturated rings. The molecule has 4 nitrogen and oxygen atoms in total. The lowest BCUT2D eigenvalue weighted by molar-refractivity contribution is -0.121. The Hall–Kier alpha value is -2.21. The highest BCUT2D eigenvalue weighted by atomic mass is 32.1. The predicted molar refractivity (Wildman–Crippen MR) is 89.9 cm³/mol. The van der Waals surface area contributed by atoms with Crippen molar-refractivity contribution in [3.05, 3.63) is 47.1 Å². The molecular weight excluding hydrogens is 315 g/mol. The van der Waals surface area contributed by atoms with E-state index in [9.17, 15) is 14.0 Å². The summed E-state index contributed by atoms with van der Waals surface area (Å²) in [4.78, 5) is 25.1. The largest absolute Gasteiger partial charge is 0.350 e. The van der Waals surface area contributed by atoms with Crippen molar-refractivity contribution in [2.75, 3.05) is 6.54 Å². The topological polar surface area (TPSA) is 58.2 Å². The normalized spacial score (nSPS) is 11.1. The zero-order chi connectivity index (χ0) is 17.0. The number of hydrogen-bond donors (Lipinski definition) is 2. The third-order valence-electron chi connectivity index (χ3n) is 2.88. The van der Waals surface area contributed by atoms with E-state index in [1.54, 1.807) is 18.2 Å². The fourth-order valence-corrected chi connectivity index (χ4v) is 2.87. The number of carbonyl (C=O) groups is 2. The van der Waals surface area contributed by atoms with E-state index in [0.29, 0.717) is 4.88 Å². The molecule has 0 aliphatic heterocycles. The summed E-state index contributed by atoms with van der Waals surface area (Å²) in [6.07, 6.45) is 0. The van der Waals surface area contributed by atoms with Crippen LogP contribution in [-0.2, 0) is 4.79 Å². The Morgan fingerprint density at radius 3 is 2.35 bits per heavy atom. The third-order valence-corrected chi connectivity index (χ3v) is 4.02. The molecule has 0 unspecified atom stereocenters. The minimum atomic E-state index is -0.333. The monoisotopic (exact) mass is 334 g/mol. The van der Waals surface area contributed by atoms with Crippen LogP contribution < -0.4 is 10.6 Å². The van der Waals surface area contributed by atoms with E-state index in [2.05, 4.69) is 10.6 Å². The number of benzene rings is 1. The molecule has 0 saturated heterocycles. The number of halogens is 1. The highest BCUT2D eigenvalue weighted by Gasteiger charge is 2.15. The molecule has 2 aromatic rings. The number of thiophene rings is 1. The highest BCUT2D eigenvalue weighted by molar-refractivity contribution is 7.17. The van der Waals surface area contributed by atoms with Gasteiger partial charge < -0.3 is 10.6 Å². The Morgan fingerprint density at radius 2 is 1.74 bits per heavy atom. The summed E-state index contributed by atoms with van der Waals surface area (Å²) in [7, 11) is 0. The lowest BCUT2D eigenvalue weighted by Gasteiger charge is -2.20. The van der Waals surface area contributed by atoms with Crippen LogP contribution in [0.2, 0.25) is 0 Å². The molecule has 0 aliphatic rings. The zero-order valence-corrected chi connectivity index (χ0v) is 14.1. The van der Waals surface area contributed by atoms with Gasteiger partial charge in [-0.2, -0.15) is 0 Å². The van der Waals surface area contributed by atoms with Gasteiger partial charge in [0.25, 0.3) is 5.91 Å². The fourth-order valence-electron chi connectivity index (χ4n) is 1.94. The van der Waals surface area contributed by atoms with Gasteiger partial charge in [-0.05, 0) is 50.6 Å². The average Bonchev–Trinajstić information content (AvgIpc) is 2.93. The molecule has 1 heterocycles. The zero-order valence-electron chi connectivity index (χ0n) is 13.3. The quantitative estimate of drug-likeness (QED) is 0.902. The van der Waals surface area contributed by atoms with E-state index in [-0.39, 0.29) is 29.7 Å². The molecule has 0 bridgehead atoms. The van der Waals surface area contributed by atoms with Crippen LogP contribution in [0, 0.1) is 5.82 Å². The van der Waals surface area contributed by atoms with E-state index in [1.165, 1.54) is 23.5 Å². The maximum Gasteiger partial charge on any atom is 0.261 e. The van der Waals surface area contributed by atoms with Crippen molar-refractivity contribution in [3.63, 3.8) is 0 Å². The molecule has 0 spiro atoms. The second-order valence-electron chi connectivity index (χ2n) is 6.15. The average molecular weight is 334 g/mol. The first-order valence-electron chi connectivity index (χ1n) is 7.19. The molecule has 0 saturated carbocycles. The molecule has 23 heavy (non-hydrogen) atoms. The van der Waals surface area contributed by atoms with E-state index in [0.717, 1.165) is 10.4 Å². The van der Waals surface area contributed by atoms with E-state index in [1.807, 2.05) is 26.8 Å². The van der Waals surface area contributed by atoms with Gasteiger partial charge in [0.05, 0.1) is 11.4 Å². The van der Waals surface area contributed by atoms with Crippen molar-refractivity contribution in [1.82, 2.24) is 10.6 Å². The molecule has 0 atom stereocenters. The van der Waals surface area contributed by atoms with Crippen LogP contribution in [0.5, 0.6) is 0 Å².